The highest BCUT2D eigenvalue weighted by atomic mass is 16.1. The van der Waals surface area contributed by atoms with Crippen LogP contribution in [0.15, 0.2) is 0 Å². The van der Waals surface area contributed by atoms with Crippen molar-refractivity contribution in [1.29, 1.82) is 0 Å². The minimum Gasteiger partial charge on any atom is -0.358 e. The normalized spacial score (nSPS) is 7.60. The summed E-state index contributed by atoms with van der Waals surface area (Å²) in [6.45, 7) is 4.65. The van der Waals surface area contributed by atoms with Crippen LogP contribution in [0.25, 0.3) is 0 Å². The lowest BCUT2D eigenvalue weighted by molar-refractivity contribution is -0.119. The lowest BCUT2D eigenvalue weighted by Crippen LogP contribution is -2.28. The van der Waals surface area contributed by atoms with E-state index in [-0.39, 0.29) is 5.91 Å². The van der Waals surface area contributed by atoms with E-state index in [0.717, 1.165) is 0 Å². The zero-order valence-electron chi connectivity index (χ0n) is 7.32. The molecule has 0 aromatic rings. The molecule has 2 N–H and O–H groups in total. The SMILES string of the molecule is CCC.CNCC(=O)NC. The first-order valence-electron chi connectivity index (χ1n) is 3.58. The minimum atomic E-state index is 0.0162. The first-order valence-corrected chi connectivity index (χ1v) is 3.58. The standard InChI is InChI=1S/C4H10N2O.C3H8/c1-5-3-4(7)6-2;1-3-2/h5H,3H2,1-2H3,(H,6,7);3H2,1-2H3. The maximum atomic E-state index is 10.2. The van der Waals surface area contributed by atoms with E-state index in [0.29, 0.717) is 6.54 Å². The average Bonchev–Trinajstić information content (AvgIpc) is 1.90. The van der Waals surface area contributed by atoms with Crippen molar-refractivity contribution in [3.05, 3.63) is 0 Å². The monoisotopic (exact) mass is 146 g/mol. The molecule has 0 atom stereocenters. The molecule has 0 unspecified atom stereocenters. The van der Waals surface area contributed by atoms with E-state index in [2.05, 4.69) is 24.5 Å². The third-order valence-corrected chi connectivity index (χ3v) is 0.616. The molecule has 0 heterocycles. The topological polar surface area (TPSA) is 41.1 Å². The van der Waals surface area contributed by atoms with Gasteiger partial charge in [0, 0.05) is 7.05 Å². The van der Waals surface area contributed by atoms with Gasteiger partial charge in [-0.25, -0.2) is 0 Å². The van der Waals surface area contributed by atoms with Gasteiger partial charge in [-0.05, 0) is 7.05 Å². The highest BCUT2D eigenvalue weighted by Crippen LogP contribution is 1.56. The molecule has 3 nitrogen and oxygen atoms in total. The first kappa shape index (κ1) is 12.1. The summed E-state index contributed by atoms with van der Waals surface area (Å²) < 4.78 is 0. The molecule has 0 rings (SSSR count). The van der Waals surface area contributed by atoms with Gasteiger partial charge in [-0.1, -0.05) is 20.3 Å². The summed E-state index contributed by atoms with van der Waals surface area (Å²) in [6, 6.07) is 0. The summed E-state index contributed by atoms with van der Waals surface area (Å²) in [5, 5.41) is 5.17. The lowest BCUT2D eigenvalue weighted by Gasteiger charge is -1.93. The van der Waals surface area contributed by atoms with Crippen LogP contribution in [-0.4, -0.2) is 26.5 Å². The van der Waals surface area contributed by atoms with Crippen molar-refractivity contribution >= 4 is 5.91 Å². The molecule has 0 saturated carbocycles. The van der Waals surface area contributed by atoms with Gasteiger partial charge >= 0.3 is 0 Å². The second-order valence-corrected chi connectivity index (χ2v) is 1.91. The van der Waals surface area contributed by atoms with Gasteiger partial charge in [-0.2, -0.15) is 0 Å². The lowest BCUT2D eigenvalue weighted by atomic mass is 10.6. The van der Waals surface area contributed by atoms with E-state index in [1.165, 1.54) is 6.42 Å². The summed E-state index contributed by atoms with van der Waals surface area (Å²) in [4.78, 5) is 10.2. The molecule has 0 aromatic heterocycles. The number of hydrogen-bond acceptors (Lipinski definition) is 2. The van der Waals surface area contributed by atoms with Crippen molar-refractivity contribution in [2.45, 2.75) is 20.3 Å². The third-order valence-electron chi connectivity index (χ3n) is 0.616. The Labute approximate surface area is 63.2 Å². The quantitative estimate of drug-likeness (QED) is 0.591. The number of rotatable bonds is 2. The van der Waals surface area contributed by atoms with Crippen molar-refractivity contribution in [3.8, 4) is 0 Å². The van der Waals surface area contributed by atoms with Crippen LogP contribution in [0.3, 0.4) is 0 Å². The molecular weight excluding hydrogens is 128 g/mol. The van der Waals surface area contributed by atoms with Crippen molar-refractivity contribution in [1.82, 2.24) is 10.6 Å². The second-order valence-electron chi connectivity index (χ2n) is 1.91. The summed E-state index contributed by atoms with van der Waals surface area (Å²) in [5.41, 5.74) is 0. The number of likely N-dealkylation sites (N-methyl/N-ethyl adjacent to an activating group) is 2. The number of amides is 1. The molecular formula is C7H18N2O. The summed E-state index contributed by atoms with van der Waals surface area (Å²) in [5.74, 6) is 0.0162. The van der Waals surface area contributed by atoms with Gasteiger partial charge in [0.1, 0.15) is 0 Å². The molecule has 3 heteroatoms. The van der Waals surface area contributed by atoms with Crippen LogP contribution in [0.5, 0.6) is 0 Å². The van der Waals surface area contributed by atoms with Crippen LogP contribution in [0, 0.1) is 0 Å². The number of carbonyl (C=O) groups is 1. The van der Waals surface area contributed by atoms with Crippen molar-refractivity contribution in [2.24, 2.45) is 0 Å². The molecule has 0 saturated heterocycles. The van der Waals surface area contributed by atoms with E-state index in [4.69, 9.17) is 0 Å². The fourth-order valence-electron chi connectivity index (χ4n) is 0.249. The molecule has 0 bridgehead atoms. The Morgan fingerprint density at radius 2 is 1.70 bits per heavy atom. The van der Waals surface area contributed by atoms with E-state index in [9.17, 15) is 4.79 Å². The van der Waals surface area contributed by atoms with E-state index in [1.807, 2.05) is 0 Å². The first-order chi connectivity index (χ1) is 4.72. The molecule has 0 aliphatic rings. The van der Waals surface area contributed by atoms with Gasteiger partial charge in [0.05, 0.1) is 6.54 Å². The van der Waals surface area contributed by atoms with Crippen LogP contribution in [0.2, 0.25) is 0 Å². The van der Waals surface area contributed by atoms with E-state index >= 15 is 0 Å². The Hall–Kier alpha value is -0.570. The van der Waals surface area contributed by atoms with Crippen molar-refractivity contribution in [2.75, 3.05) is 20.6 Å². The Morgan fingerprint density at radius 3 is 1.80 bits per heavy atom. The van der Waals surface area contributed by atoms with Crippen LogP contribution >= 0.6 is 0 Å². The van der Waals surface area contributed by atoms with Crippen LogP contribution in [0.1, 0.15) is 20.3 Å². The molecule has 10 heavy (non-hydrogen) atoms. The van der Waals surface area contributed by atoms with Crippen LogP contribution in [-0.2, 0) is 4.79 Å². The maximum absolute atomic E-state index is 10.2. The molecule has 0 aromatic carbocycles. The van der Waals surface area contributed by atoms with Gasteiger partial charge in [0.2, 0.25) is 5.91 Å². The Bertz CT molecular complexity index is 74.0. The van der Waals surface area contributed by atoms with Gasteiger partial charge in [0.15, 0.2) is 0 Å². The predicted octanol–water partition coefficient (Wildman–Crippen LogP) is 0.368. The van der Waals surface area contributed by atoms with Crippen LogP contribution < -0.4 is 10.6 Å². The largest absolute Gasteiger partial charge is 0.358 e. The van der Waals surface area contributed by atoms with Gasteiger partial charge in [-0.3, -0.25) is 4.79 Å². The fraction of sp³-hybridized carbons (Fsp3) is 0.857. The Kier molecular flexibility index (Phi) is 13.7. The zero-order chi connectivity index (χ0) is 8.41. The summed E-state index contributed by atoms with van der Waals surface area (Å²) in [6.07, 6.45) is 1.25. The third kappa shape index (κ3) is 15.7. The van der Waals surface area contributed by atoms with Gasteiger partial charge in [-0.15, -0.1) is 0 Å². The second kappa shape index (κ2) is 11.3. The molecule has 62 valence electrons. The average molecular weight is 146 g/mol. The molecule has 0 fully saturated rings. The maximum Gasteiger partial charge on any atom is 0.233 e. The van der Waals surface area contributed by atoms with Crippen LogP contribution in [0.4, 0.5) is 0 Å². The Morgan fingerprint density at radius 1 is 1.30 bits per heavy atom. The highest BCUT2D eigenvalue weighted by molar-refractivity contribution is 5.77. The smallest absolute Gasteiger partial charge is 0.233 e. The molecule has 0 spiro atoms. The zero-order valence-corrected chi connectivity index (χ0v) is 7.32. The molecule has 0 radical (unpaired) electrons. The summed E-state index contributed by atoms with van der Waals surface area (Å²) in [7, 11) is 3.34. The van der Waals surface area contributed by atoms with Crippen molar-refractivity contribution < 1.29 is 4.79 Å². The number of carbonyl (C=O) groups excluding carboxylic acids is 1. The molecule has 0 aliphatic heterocycles. The van der Waals surface area contributed by atoms with Crippen molar-refractivity contribution in [3.63, 3.8) is 0 Å². The minimum absolute atomic E-state index is 0.0162. The molecule has 1 amide bonds. The predicted molar refractivity (Wildman–Crippen MR) is 44.0 cm³/mol. The highest BCUT2D eigenvalue weighted by Gasteiger charge is 1.88. The van der Waals surface area contributed by atoms with Gasteiger partial charge < -0.3 is 10.6 Å². The number of nitrogens with one attached hydrogen (secondary N) is 2. The van der Waals surface area contributed by atoms with Gasteiger partial charge in [0.25, 0.3) is 0 Å². The van der Waals surface area contributed by atoms with E-state index in [1.54, 1.807) is 14.1 Å². The fourth-order valence-corrected chi connectivity index (χ4v) is 0.249. The Balaban J connectivity index is 0. The van der Waals surface area contributed by atoms with E-state index < -0.39 is 0 Å². The number of hydrogen-bond donors (Lipinski definition) is 2. The summed E-state index contributed by atoms with van der Waals surface area (Å²) >= 11 is 0. The molecule has 0 aliphatic carbocycles.